The third-order valence-electron chi connectivity index (χ3n) is 4.58. The number of benzene rings is 1. The molecule has 0 aliphatic heterocycles. The minimum absolute atomic E-state index is 0.0543. The molecule has 3 N–H and O–H groups in total. The van der Waals surface area contributed by atoms with E-state index >= 15 is 0 Å². The smallest absolute Gasteiger partial charge is 0.0173 e. The van der Waals surface area contributed by atoms with E-state index in [9.17, 15) is 0 Å². The molecule has 0 bridgehead atoms. The van der Waals surface area contributed by atoms with E-state index in [-0.39, 0.29) is 5.41 Å². The van der Waals surface area contributed by atoms with Crippen LogP contribution < -0.4 is 11.3 Å². The quantitative estimate of drug-likeness (QED) is 0.451. The van der Waals surface area contributed by atoms with Gasteiger partial charge in [-0.1, -0.05) is 60.7 Å². The first kappa shape index (κ1) is 16.5. The number of hydrogen-bond acceptors (Lipinski definition) is 2. The highest BCUT2D eigenvalue weighted by Crippen LogP contribution is 2.45. The Morgan fingerprint density at radius 1 is 1.27 bits per heavy atom. The van der Waals surface area contributed by atoms with Crippen LogP contribution in [0.2, 0.25) is 0 Å². The van der Waals surface area contributed by atoms with Gasteiger partial charge in [-0.15, -0.1) is 6.58 Å². The highest BCUT2D eigenvalue weighted by molar-refractivity contribution is 5.44. The Bertz CT molecular complexity index is 595. The van der Waals surface area contributed by atoms with Crippen LogP contribution in [0.15, 0.2) is 78.4 Å². The molecule has 1 aromatic carbocycles. The molecule has 2 rings (SSSR count). The van der Waals surface area contributed by atoms with Crippen molar-refractivity contribution in [2.45, 2.75) is 26.2 Å². The van der Waals surface area contributed by atoms with Crippen molar-refractivity contribution in [2.75, 3.05) is 6.54 Å². The standard InChI is InChI=1S/C20H26N2/c1-4-18-15-20(5-2,14-17-9-7-6-8-10-17)19(11-12-22-21)13-16(18)3/h4-10,13,22H,1-2,11-12,14-15,21H2,3H3. The summed E-state index contributed by atoms with van der Waals surface area (Å²) in [6, 6.07) is 10.6. The van der Waals surface area contributed by atoms with E-state index in [0.29, 0.717) is 0 Å². The molecule has 0 fully saturated rings. The van der Waals surface area contributed by atoms with Crippen molar-refractivity contribution in [2.24, 2.45) is 11.3 Å². The van der Waals surface area contributed by atoms with Crippen LogP contribution in [0.4, 0.5) is 0 Å². The molecule has 0 spiro atoms. The Balaban J connectivity index is 2.39. The average Bonchev–Trinajstić information content (AvgIpc) is 2.55. The summed E-state index contributed by atoms with van der Waals surface area (Å²) < 4.78 is 0. The zero-order chi connectivity index (χ0) is 16.0. The first-order chi connectivity index (χ1) is 10.6. The number of allylic oxidation sites excluding steroid dienone is 5. The van der Waals surface area contributed by atoms with Crippen molar-refractivity contribution in [3.63, 3.8) is 0 Å². The fourth-order valence-corrected chi connectivity index (χ4v) is 3.26. The molecule has 0 heterocycles. The molecule has 0 radical (unpaired) electrons. The predicted octanol–water partition coefficient (Wildman–Crippen LogP) is 4.09. The average molecular weight is 294 g/mol. The van der Waals surface area contributed by atoms with Crippen LogP contribution in [0.3, 0.4) is 0 Å². The number of nitrogens with one attached hydrogen (secondary N) is 1. The minimum Gasteiger partial charge on any atom is -0.271 e. The van der Waals surface area contributed by atoms with Crippen molar-refractivity contribution in [3.05, 3.63) is 84.0 Å². The molecular formula is C20H26N2. The topological polar surface area (TPSA) is 38.0 Å². The molecule has 2 nitrogen and oxygen atoms in total. The third kappa shape index (κ3) is 3.46. The second-order valence-electron chi connectivity index (χ2n) is 5.99. The molecule has 1 unspecified atom stereocenters. The van der Waals surface area contributed by atoms with Crippen molar-refractivity contribution in [1.82, 2.24) is 5.43 Å². The lowest BCUT2D eigenvalue weighted by molar-refractivity contribution is 0.428. The van der Waals surface area contributed by atoms with E-state index in [2.05, 4.69) is 68.0 Å². The molecule has 0 aromatic heterocycles. The van der Waals surface area contributed by atoms with E-state index in [1.54, 1.807) is 0 Å². The summed E-state index contributed by atoms with van der Waals surface area (Å²) >= 11 is 0. The van der Waals surface area contributed by atoms with E-state index in [4.69, 9.17) is 5.84 Å². The Morgan fingerprint density at radius 2 is 2.00 bits per heavy atom. The Hall–Kier alpha value is -1.90. The van der Waals surface area contributed by atoms with E-state index in [1.807, 2.05) is 6.08 Å². The fraction of sp³-hybridized carbons (Fsp3) is 0.300. The van der Waals surface area contributed by atoms with Gasteiger partial charge in [-0.2, -0.15) is 0 Å². The molecular weight excluding hydrogens is 268 g/mol. The molecule has 1 aliphatic carbocycles. The molecule has 22 heavy (non-hydrogen) atoms. The van der Waals surface area contributed by atoms with Crippen molar-refractivity contribution < 1.29 is 0 Å². The summed E-state index contributed by atoms with van der Waals surface area (Å²) in [4.78, 5) is 0. The van der Waals surface area contributed by atoms with Crippen LogP contribution in [0.1, 0.15) is 25.3 Å². The van der Waals surface area contributed by atoms with Crippen LogP contribution in [-0.4, -0.2) is 6.54 Å². The molecule has 1 aromatic rings. The zero-order valence-electron chi connectivity index (χ0n) is 13.4. The van der Waals surface area contributed by atoms with Crippen LogP contribution in [0.5, 0.6) is 0 Å². The monoisotopic (exact) mass is 294 g/mol. The van der Waals surface area contributed by atoms with Gasteiger partial charge in [-0.25, -0.2) is 0 Å². The van der Waals surface area contributed by atoms with Crippen LogP contribution in [0, 0.1) is 5.41 Å². The van der Waals surface area contributed by atoms with Gasteiger partial charge >= 0.3 is 0 Å². The first-order valence-corrected chi connectivity index (χ1v) is 7.79. The Morgan fingerprint density at radius 3 is 2.59 bits per heavy atom. The Kier molecular flexibility index (Phi) is 5.53. The molecule has 0 saturated heterocycles. The van der Waals surface area contributed by atoms with Gasteiger partial charge in [0.2, 0.25) is 0 Å². The molecule has 2 heteroatoms. The number of hydrogen-bond donors (Lipinski definition) is 2. The van der Waals surface area contributed by atoms with Crippen LogP contribution in [0.25, 0.3) is 0 Å². The number of hydrazine groups is 1. The summed E-state index contributed by atoms with van der Waals surface area (Å²) in [5.41, 5.74) is 8.05. The van der Waals surface area contributed by atoms with E-state index in [0.717, 1.165) is 25.8 Å². The van der Waals surface area contributed by atoms with Gasteiger partial charge in [0.25, 0.3) is 0 Å². The largest absolute Gasteiger partial charge is 0.271 e. The first-order valence-electron chi connectivity index (χ1n) is 7.79. The lowest BCUT2D eigenvalue weighted by atomic mass is 9.66. The van der Waals surface area contributed by atoms with Gasteiger partial charge < -0.3 is 0 Å². The summed E-state index contributed by atoms with van der Waals surface area (Å²) in [6.45, 7) is 11.1. The van der Waals surface area contributed by atoms with Crippen molar-refractivity contribution >= 4 is 0 Å². The maximum atomic E-state index is 5.49. The molecule has 0 saturated carbocycles. The van der Waals surface area contributed by atoms with Crippen molar-refractivity contribution in [1.29, 1.82) is 0 Å². The number of rotatable bonds is 7. The maximum absolute atomic E-state index is 5.49. The second kappa shape index (κ2) is 7.39. The second-order valence-corrected chi connectivity index (χ2v) is 5.99. The summed E-state index contributed by atoms with van der Waals surface area (Å²) in [6.07, 6.45) is 9.22. The van der Waals surface area contributed by atoms with Gasteiger partial charge in [0, 0.05) is 12.0 Å². The third-order valence-corrected chi connectivity index (χ3v) is 4.58. The molecule has 0 amide bonds. The predicted molar refractivity (Wildman–Crippen MR) is 95.2 cm³/mol. The lowest BCUT2D eigenvalue weighted by Gasteiger charge is -2.38. The lowest BCUT2D eigenvalue weighted by Crippen LogP contribution is -2.31. The van der Waals surface area contributed by atoms with E-state index < -0.39 is 0 Å². The molecule has 1 aliphatic rings. The highest BCUT2D eigenvalue weighted by Gasteiger charge is 2.34. The normalized spacial score (nSPS) is 21.5. The SMILES string of the molecule is C=CC1=C(C)C=C(CCNN)C(C=C)(Cc2ccccc2)C1. The molecule has 1 atom stereocenters. The molecule has 116 valence electrons. The zero-order valence-corrected chi connectivity index (χ0v) is 13.4. The van der Waals surface area contributed by atoms with Crippen LogP contribution >= 0.6 is 0 Å². The van der Waals surface area contributed by atoms with Gasteiger partial charge in [0.05, 0.1) is 0 Å². The van der Waals surface area contributed by atoms with Gasteiger partial charge in [0.1, 0.15) is 0 Å². The number of nitrogens with two attached hydrogens (primary N) is 1. The minimum atomic E-state index is -0.0543. The van der Waals surface area contributed by atoms with Gasteiger partial charge in [0.15, 0.2) is 0 Å². The summed E-state index contributed by atoms with van der Waals surface area (Å²) in [5, 5.41) is 0. The van der Waals surface area contributed by atoms with Gasteiger partial charge in [-0.05, 0) is 42.9 Å². The van der Waals surface area contributed by atoms with Crippen LogP contribution in [-0.2, 0) is 6.42 Å². The van der Waals surface area contributed by atoms with Crippen molar-refractivity contribution in [3.8, 4) is 0 Å². The fourth-order valence-electron chi connectivity index (χ4n) is 3.26. The highest BCUT2D eigenvalue weighted by atomic mass is 15.2. The summed E-state index contributed by atoms with van der Waals surface area (Å²) in [5.74, 6) is 5.49. The van der Waals surface area contributed by atoms with E-state index in [1.165, 1.54) is 22.3 Å². The maximum Gasteiger partial charge on any atom is 0.0173 e. The summed E-state index contributed by atoms with van der Waals surface area (Å²) in [7, 11) is 0. The van der Waals surface area contributed by atoms with Gasteiger partial charge in [-0.3, -0.25) is 11.3 Å². The Labute approximate surface area is 134 Å².